The molecule has 0 aliphatic carbocycles. The van der Waals surface area contributed by atoms with E-state index in [2.05, 4.69) is 15.3 Å². The molecule has 0 saturated heterocycles. The van der Waals surface area contributed by atoms with Crippen molar-refractivity contribution in [1.82, 2.24) is 15.3 Å². The second-order valence-corrected chi connectivity index (χ2v) is 4.82. The highest BCUT2D eigenvalue weighted by molar-refractivity contribution is 7.99. The molecule has 98 valence electrons. The molecule has 0 unspecified atom stereocenters. The van der Waals surface area contributed by atoms with E-state index in [1.165, 1.54) is 11.8 Å². The highest BCUT2D eigenvalue weighted by Gasteiger charge is 2.08. The Morgan fingerprint density at radius 2 is 2.26 bits per heavy atom. The van der Waals surface area contributed by atoms with Crippen molar-refractivity contribution >= 4 is 23.4 Å². The zero-order valence-electron chi connectivity index (χ0n) is 10.5. The standard InChI is InChI=1S/C13H14N4OS/c1-2-16-13(18)9-3-4-11(10(14)7-9)19-12-8-15-5-6-17-12/h3-8H,2,14H2,1H3,(H,16,18). The van der Waals surface area contributed by atoms with E-state index in [-0.39, 0.29) is 5.91 Å². The lowest BCUT2D eigenvalue weighted by molar-refractivity contribution is 0.0956. The van der Waals surface area contributed by atoms with Gasteiger partial charge in [-0.2, -0.15) is 0 Å². The average molecular weight is 274 g/mol. The molecule has 0 bridgehead atoms. The minimum atomic E-state index is -0.120. The van der Waals surface area contributed by atoms with Crippen LogP contribution in [0.1, 0.15) is 17.3 Å². The maximum absolute atomic E-state index is 11.7. The third-order valence-electron chi connectivity index (χ3n) is 2.36. The Hall–Kier alpha value is -2.08. The van der Waals surface area contributed by atoms with Gasteiger partial charge in [-0.15, -0.1) is 0 Å². The Balaban J connectivity index is 2.18. The third kappa shape index (κ3) is 3.45. The van der Waals surface area contributed by atoms with Crippen molar-refractivity contribution < 1.29 is 4.79 Å². The summed E-state index contributed by atoms with van der Waals surface area (Å²) in [6.07, 6.45) is 4.91. The third-order valence-corrected chi connectivity index (χ3v) is 3.37. The largest absolute Gasteiger partial charge is 0.398 e. The van der Waals surface area contributed by atoms with Crippen LogP contribution >= 0.6 is 11.8 Å². The number of hydrogen-bond acceptors (Lipinski definition) is 5. The molecule has 0 spiro atoms. The lowest BCUT2D eigenvalue weighted by atomic mass is 10.2. The van der Waals surface area contributed by atoms with Gasteiger partial charge in [0, 0.05) is 35.1 Å². The molecular weight excluding hydrogens is 260 g/mol. The van der Waals surface area contributed by atoms with E-state index in [0.29, 0.717) is 17.8 Å². The molecule has 0 aliphatic rings. The summed E-state index contributed by atoms with van der Waals surface area (Å²) < 4.78 is 0. The fourth-order valence-electron chi connectivity index (χ4n) is 1.50. The highest BCUT2D eigenvalue weighted by Crippen LogP contribution is 2.30. The van der Waals surface area contributed by atoms with E-state index in [9.17, 15) is 4.79 Å². The number of anilines is 1. The van der Waals surface area contributed by atoms with E-state index in [1.807, 2.05) is 13.0 Å². The maximum Gasteiger partial charge on any atom is 0.251 e. The van der Waals surface area contributed by atoms with Crippen LogP contribution in [0.25, 0.3) is 0 Å². The Labute approximate surface area is 115 Å². The van der Waals surface area contributed by atoms with Crippen LogP contribution in [0.2, 0.25) is 0 Å². The quantitative estimate of drug-likeness (QED) is 0.833. The topological polar surface area (TPSA) is 80.9 Å². The summed E-state index contributed by atoms with van der Waals surface area (Å²) in [5, 5.41) is 3.50. The average Bonchev–Trinajstić information content (AvgIpc) is 2.42. The first-order valence-corrected chi connectivity index (χ1v) is 6.64. The van der Waals surface area contributed by atoms with Gasteiger partial charge in [0.25, 0.3) is 5.91 Å². The van der Waals surface area contributed by atoms with Gasteiger partial charge in [0.2, 0.25) is 0 Å². The summed E-state index contributed by atoms with van der Waals surface area (Å²) in [7, 11) is 0. The number of nitrogen functional groups attached to an aromatic ring is 1. The number of aromatic nitrogens is 2. The molecule has 0 saturated carbocycles. The molecule has 1 heterocycles. The molecule has 5 nitrogen and oxygen atoms in total. The minimum Gasteiger partial charge on any atom is -0.398 e. The van der Waals surface area contributed by atoms with Crippen molar-refractivity contribution in [3.8, 4) is 0 Å². The van der Waals surface area contributed by atoms with E-state index in [1.54, 1.807) is 30.7 Å². The lowest BCUT2D eigenvalue weighted by Crippen LogP contribution is -2.22. The van der Waals surface area contributed by atoms with Crippen LogP contribution in [-0.2, 0) is 0 Å². The molecule has 6 heteroatoms. The molecule has 19 heavy (non-hydrogen) atoms. The van der Waals surface area contributed by atoms with E-state index in [0.717, 1.165) is 9.92 Å². The second kappa shape index (κ2) is 6.19. The van der Waals surface area contributed by atoms with Crippen molar-refractivity contribution in [2.75, 3.05) is 12.3 Å². The van der Waals surface area contributed by atoms with Gasteiger partial charge in [-0.1, -0.05) is 11.8 Å². The molecule has 2 aromatic rings. The number of nitrogens with one attached hydrogen (secondary N) is 1. The molecule has 0 atom stereocenters. The summed E-state index contributed by atoms with van der Waals surface area (Å²) in [5.41, 5.74) is 7.07. The number of benzene rings is 1. The first-order chi connectivity index (χ1) is 9.20. The number of carbonyl (C=O) groups is 1. The van der Waals surface area contributed by atoms with E-state index in [4.69, 9.17) is 5.73 Å². The first-order valence-electron chi connectivity index (χ1n) is 5.82. The fourth-order valence-corrected chi connectivity index (χ4v) is 2.26. The zero-order valence-corrected chi connectivity index (χ0v) is 11.3. The molecule has 0 radical (unpaired) electrons. The second-order valence-electron chi connectivity index (χ2n) is 3.76. The number of rotatable bonds is 4. The Bertz CT molecular complexity index is 574. The van der Waals surface area contributed by atoms with Gasteiger partial charge in [-0.05, 0) is 25.1 Å². The summed E-state index contributed by atoms with van der Waals surface area (Å²) in [6.45, 7) is 2.47. The summed E-state index contributed by atoms with van der Waals surface area (Å²) >= 11 is 1.42. The van der Waals surface area contributed by atoms with Crippen LogP contribution in [0.3, 0.4) is 0 Å². The van der Waals surface area contributed by atoms with Crippen molar-refractivity contribution in [2.45, 2.75) is 16.8 Å². The first kappa shape index (κ1) is 13.4. The molecular formula is C13H14N4OS. The summed E-state index contributed by atoms with van der Waals surface area (Å²) in [5.74, 6) is -0.120. The monoisotopic (exact) mass is 274 g/mol. The number of nitrogens with two attached hydrogens (primary N) is 1. The smallest absolute Gasteiger partial charge is 0.251 e. The molecule has 0 aliphatic heterocycles. The van der Waals surface area contributed by atoms with Gasteiger partial charge in [-0.3, -0.25) is 9.78 Å². The van der Waals surface area contributed by atoms with E-state index < -0.39 is 0 Å². The van der Waals surface area contributed by atoms with Crippen LogP contribution < -0.4 is 11.1 Å². The van der Waals surface area contributed by atoms with Crippen molar-refractivity contribution in [3.63, 3.8) is 0 Å². The van der Waals surface area contributed by atoms with Crippen molar-refractivity contribution in [3.05, 3.63) is 42.4 Å². The molecule has 1 aromatic carbocycles. The van der Waals surface area contributed by atoms with Gasteiger partial charge in [0.1, 0.15) is 5.03 Å². The van der Waals surface area contributed by atoms with Crippen LogP contribution in [-0.4, -0.2) is 22.4 Å². The number of amides is 1. The van der Waals surface area contributed by atoms with Crippen LogP contribution in [0.5, 0.6) is 0 Å². The summed E-state index contributed by atoms with van der Waals surface area (Å²) in [6, 6.07) is 5.24. The Morgan fingerprint density at radius 1 is 1.42 bits per heavy atom. The van der Waals surface area contributed by atoms with Crippen LogP contribution in [0.15, 0.2) is 46.7 Å². The number of nitrogens with zero attached hydrogens (tertiary/aromatic N) is 2. The highest BCUT2D eigenvalue weighted by atomic mass is 32.2. The maximum atomic E-state index is 11.7. The minimum absolute atomic E-state index is 0.120. The fraction of sp³-hybridized carbons (Fsp3) is 0.154. The van der Waals surface area contributed by atoms with Crippen molar-refractivity contribution in [1.29, 1.82) is 0 Å². The number of carbonyl (C=O) groups excluding carboxylic acids is 1. The normalized spacial score (nSPS) is 10.2. The Kier molecular flexibility index (Phi) is 4.35. The van der Waals surface area contributed by atoms with Gasteiger partial charge in [0.15, 0.2) is 0 Å². The molecule has 1 aromatic heterocycles. The Morgan fingerprint density at radius 3 is 2.89 bits per heavy atom. The predicted molar refractivity (Wildman–Crippen MR) is 75.0 cm³/mol. The molecule has 2 rings (SSSR count). The van der Waals surface area contributed by atoms with E-state index >= 15 is 0 Å². The van der Waals surface area contributed by atoms with Gasteiger partial charge < -0.3 is 11.1 Å². The van der Waals surface area contributed by atoms with Crippen LogP contribution in [0, 0.1) is 0 Å². The van der Waals surface area contributed by atoms with Crippen LogP contribution in [0.4, 0.5) is 5.69 Å². The van der Waals surface area contributed by atoms with Gasteiger partial charge in [-0.25, -0.2) is 4.98 Å². The van der Waals surface area contributed by atoms with Gasteiger partial charge in [0.05, 0.1) is 6.20 Å². The molecule has 1 amide bonds. The predicted octanol–water partition coefficient (Wildman–Crippen LogP) is 1.96. The molecule has 0 fully saturated rings. The zero-order chi connectivity index (χ0) is 13.7. The molecule has 3 N–H and O–H groups in total. The van der Waals surface area contributed by atoms with Gasteiger partial charge >= 0.3 is 0 Å². The lowest BCUT2D eigenvalue weighted by Gasteiger charge is -2.07. The summed E-state index contributed by atoms with van der Waals surface area (Å²) in [4.78, 5) is 20.7. The SMILES string of the molecule is CCNC(=O)c1ccc(Sc2cnccn2)c(N)c1. The van der Waals surface area contributed by atoms with Crippen molar-refractivity contribution in [2.24, 2.45) is 0 Å². The number of hydrogen-bond donors (Lipinski definition) is 2.